The van der Waals surface area contributed by atoms with Gasteiger partial charge in [0.2, 0.25) is 0 Å². The number of esters is 1. The number of allylic oxidation sites excluding steroid dienone is 2. The maximum absolute atomic E-state index is 12.9. The third-order valence-electron chi connectivity index (χ3n) is 12.8. The van der Waals surface area contributed by atoms with Gasteiger partial charge in [0.05, 0.1) is 0 Å². The molecule has 0 aromatic carbocycles. The largest absolute Gasteiger partial charge is 0.454 e. The Hall–Kier alpha value is -1.38. The predicted molar refractivity (Wildman–Crippen MR) is 141 cm³/mol. The second kappa shape index (κ2) is 8.06. The van der Waals surface area contributed by atoms with Gasteiger partial charge in [0, 0.05) is 17.4 Å². The number of fused-ring (bicyclic) bond motifs is 4. The number of Topliss-reactive ketones (excluding diaryl/α,β-unsaturated/α-hetero) is 1. The molecule has 194 valence electrons. The number of cyclic esters (lactones) is 1. The van der Waals surface area contributed by atoms with Crippen LogP contribution in [0, 0.1) is 39.4 Å². The van der Waals surface area contributed by atoms with Gasteiger partial charge in [-0.2, -0.15) is 0 Å². The highest BCUT2D eigenvalue weighted by atomic mass is 16.5. The molecule has 5 aliphatic rings. The Morgan fingerprint density at radius 2 is 1.63 bits per heavy atom. The van der Waals surface area contributed by atoms with Crippen molar-refractivity contribution < 1.29 is 14.3 Å². The van der Waals surface area contributed by atoms with E-state index < -0.39 is 0 Å². The van der Waals surface area contributed by atoms with Crippen LogP contribution in [0.15, 0.2) is 22.3 Å². The van der Waals surface area contributed by atoms with E-state index in [2.05, 4.69) is 48.5 Å². The summed E-state index contributed by atoms with van der Waals surface area (Å²) in [5.74, 6) is 2.21. The Morgan fingerprint density at radius 1 is 0.914 bits per heavy atom. The summed E-state index contributed by atoms with van der Waals surface area (Å²) < 4.78 is 5.66. The SMILES string of the molecule is CC1=C(C)C(CC[C@@H](C)C2CC[C@@]3(C)C4=C(CCC23C)C2(C)CCC(=O)C(C)(C)C2CC4)OC1=O. The van der Waals surface area contributed by atoms with Crippen molar-refractivity contribution in [2.24, 2.45) is 39.4 Å². The van der Waals surface area contributed by atoms with Gasteiger partial charge in [0.25, 0.3) is 0 Å². The molecule has 3 nitrogen and oxygen atoms in total. The Balaban J connectivity index is 1.39. The van der Waals surface area contributed by atoms with Gasteiger partial charge >= 0.3 is 5.97 Å². The Kier molecular flexibility index (Phi) is 5.82. The summed E-state index contributed by atoms with van der Waals surface area (Å²) in [6.45, 7) is 18.6. The van der Waals surface area contributed by atoms with E-state index in [1.54, 1.807) is 11.1 Å². The van der Waals surface area contributed by atoms with E-state index in [1.165, 1.54) is 38.5 Å². The lowest BCUT2D eigenvalue weighted by molar-refractivity contribution is -0.140. The molecule has 0 bridgehead atoms. The maximum Gasteiger partial charge on any atom is 0.334 e. The molecule has 2 fully saturated rings. The third-order valence-corrected chi connectivity index (χ3v) is 12.8. The molecule has 1 heterocycles. The summed E-state index contributed by atoms with van der Waals surface area (Å²) in [5, 5.41) is 0. The Morgan fingerprint density at radius 3 is 2.29 bits per heavy atom. The molecule has 5 unspecified atom stereocenters. The number of hydrogen-bond donors (Lipinski definition) is 0. The molecular formula is C32H48O3. The average molecular weight is 481 g/mol. The number of rotatable bonds is 4. The fraction of sp³-hybridized carbons (Fsp3) is 0.812. The van der Waals surface area contributed by atoms with Crippen molar-refractivity contribution in [2.75, 3.05) is 0 Å². The second-order valence-corrected chi connectivity index (χ2v) is 14.3. The molecule has 0 aromatic rings. The summed E-state index contributed by atoms with van der Waals surface area (Å²) in [7, 11) is 0. The Labute approximate surface area is 213 Å². The van der Waals surface area contributed by atoms with E-state index in [0.29, 0.717) is 23.0 Å². The van der Waals surface area contributed by atoms with Gasteiger partial charge < -0.3 is 4.74 Å². The number of ether oxygens (including phenoxy) is 1. The zero-order chi connectivity index (χ0) is 25.6. The number of carbonyl (C=O) groups excluding carboxylic acids is 2. The van der Waals surface area contributed by atoms with E-state index in [4.69, 9.17) is 4.74 Å². The molecule has 0 N–H and O–H groups in total. The molecule has 4 aliphatic carbocycles. The van der Waals surface area contributed by atoms with Crippen molar-refractivity contribution in [1.82, 2.24) is 0 Å². The van der Waals surface area contributed by atoms with Crippen LogP contribution in [0.25, 0.3) is 0 Å². The van der Waals surface area contributed by atoms with Crippen LogP contribution in [0.5, 0.6) is 0 Å². The molecular weight excluding hydrogens is 432 g/mol. The molecule has 35 heavy (non-hydrogen) atoms. The summed E-state index contributed by atoms with van der Waals surface area (Å²) >= 11 is 0. The average Bonchev–Trinajstić information content (AvgIpc) is 3.22. The monoisotopic (exact) mass is 480 g/mol. The van der Waals surface area contributed by atoms with E-state index >= 15 is 0 Å². The van der Waals surface area contributed by atoms with Gasteiger partial charge in [0.1, 0.15) is 11.9 Å². The molecule has 0 radical (unpaired) electrons. The van der Waals surface area contributed by atoms with Crippen LogP contribution in [0.3, 0.4) is 0 Å². The first kappa shape index (κ1) is 25.3. The fourth-order valence-corrected chi connectivity index (χ4v) is 10.0. The molecule has 2 saturated carbocycles. The fourth-order valence-electron chi connectivity index (χ4n) is 10.0. The first-order chi connectivity index (χ1) is 16.3. The first-order valence-corrected chi connectivity index (χ1v) is 14.4. The number of hydrogen-bond acceptors (Lipinski definition) is 3. The quantitative estimate of drug-likeness (QED) is 0.302. The first-order valence-electron chi connectivity index (χ1n) is 14.4. The molecule has 1 aliphatic heterocycles. The van der Waals surface area contributed by atoms with E-state index in [-0.39, 0.29) is 28.3 Å². The van der Waals surface area contributed by atoms with Crippen molar-refractivity contribution in [3.8, 4) is 0 Å². The van der Waals surface area contributed by atoms with Gasteiger partial charge in [-0.15, -0.1) is 0 Å². The zero-order valence-corrected chi connectivity index (χ0v) is 23.6. The van der Waals surface area contributed by atoms with Crippen LogP contribution in [-0.2, 0) is 14.3 Å². The predicted octanol–water partition coefficient (Wildman–Crippen LogP) is 7.98. The summed E-state index contributed by atoms with van der Waals surface area (Å²) in [4.78, 5) is 24.8. The topological polar surface area (TPSA) is 43.4 Å². The summed E-state index contributed by atoms with van der Waals surface area (Å²) in [6.07, 6.45) is 11.4. The van der Waals surface area contributed by atoms with Crippen LogP contribution in [0.2, 0.25) is 0 Å². The second-order valence-electron chi connectivity index (χ2n) is 14.3. The lowest BCUT2D eigenvalue weighted by atomic mass is 9.43. The van der Waals surface area contributed by atoms with Crippen LogP contribution in [0.4, 0.5) is 0 Å². The third kappa shape index (κ3) is 3.35. The lowest BCUT2D eigenvalue weighted by Gasteiger charge is -2.61. The van der Waals surface area contributed by atoms with Gasteiger partial charge in [-0.05, 0) is 111 Å². The van der Waals surface area contributed by atoms with Crippen molar-refractivity contribution in [3.05, 3.63) is 22.3 Å². The molecule has 0 spiro atoms. The zero-order valence-electron chi connectivity index (χ0n) is 23.6. The summed E-state index contributed by atoms with van der Waals surface area (Å²) in [5.41, 5.74) is 6.14. The number of ketones is 1. The van der Waals surface area contributed by atoms with Gasteiger partial charge in [-0.1, -0.05) is 52.7 Å². The maximum atomic E-state index is 12.9. The highest BCUT2D eigenvalue weighted by Gasteiger charge is 2.63. The van der Waals surface area contributed by atoms with Crippen molar-refractivity contribution in [3.63, 3.8) is 0 Å². The molecule has 0 saturated heterocycles. The highest BCUT2D eigenvalue weighted by molar-refractivity contribution is 5.91. The van der Waals surface area contributed by atoms with Crippen LogP contribution < -0.4 is 0 Å². The minimum absolute atomic E-state index is 0.0150. The molecule has 0 amide bonds. The standard InChI is InChI=1S/C32H48O3/c1-19(9-11-25-20(2)21(3)28(34)35-25)22-13-17-32(8)24-10-12-26-29(4,5)27(33)15-16-30(26,6)23(24)14-18-31(22,32)7/h19,22,25-26H,9-18H2,1-8H3/t19-,22?,25?,26?,30?,31?,32+/m1/s1. The number of carbonyl (C=O) groups is 2. The highest BCUT2D eigenvalue weighted by Crippen LogP contribution is 2.72. The van der Waals surface area contributed by atoms with Gasteiger partial charge in [0.15, 0.2) is 0 Å². The van der Waals surface area contributed by atoms with E-state index in [9.17, 15) is 9.59 Å². The lowest BCUT2D eigenvalue weighted by Crippen LogP contribution is -2.53. The van der Waals surface area contributed by atoms with Crippen molar-refractivity contribution >= 4 is 11.8 Å². The normalized spacial score (nSPS) is 43.6. The molecule has 5 rings (SSSR count). The van der Waals surface area contributed by atoms with Crippen LogP contribution in [-0.4, -0.2) is 17.9 Å². The van der Waals surface area contributed by atoms with Crippen LogP contribution in [0.1, 0.15) is 120 Å². The van der Waals surface area contributed by atoms with Crippen molar-refractivity contribution in [2.45, 2.75) is 126 Å². The molecule has 7 atom stereocenters. The minimum atomic E-state index is -0.186. The summed E-state index contributed by atoms with van der Waals surface area (Å²) in [6, 6.07) is 0. The molecule has 3 heteroatoms. The molecule has 0 aromatic heterocycles. The van der Waals surface area contributed by atoms with E-state index in [0.717, 1.165) is 42.7 Å². The Bertz CT molecular complexity index is 1010. The van der Waals surface area contributed by atoms with E-state index in [1.807, 2.05) is 6.92 Å². The van der Waals surface area contributed by atoms with Crippen LogP contribution >= 0.6 is 0 Å². The van der Waals surface area contributed by atoms with Gasteiger partial charge in [-0.3, -0.25) is 4.79 Å². The van der Waals surface area contributed by atoms with Crippen molar-refractivity contribution in [1.29, 1.82) is 0 Å². The van der Waals surface area contributed by atoms with Gasteiger partial charge in [-0.25, -0.2) is 4.79 Å². The smallest absolute Gasteiger partial charge is 0.334 e. The minimum Gasteiger partial charge on any atom is -0.454 e.